The number of nitrogens with zero attached hydrogens (tertiary/aromatic N) is 2. The van der Waals surface area contributed by atoms with Crippen LogP contribution in [0.2, 0.25) is 0 Å². The third-order valence-corrected chi connectivity index (χ3v) is 2.62. The van der Waals surface area contributed by atoms with Gasteiger partial charge in [0.15, 0.2) is 0 Å². The molecule has 0 aliphatic carbocycles. The summed E-state index contributed by atoms with van der Waals surface area (Å²) < 4.78 is 37.5. The summed E-state index contributed by atoms with van der Waals surface area (Å²) >= 11 is 0. The van der Waals surface area contributed by atoms with E-state index >= 15 is 0 Å². The molecule has 1 aromatic heterocycles. The molecule has 0 aliphatic heterocycles. The summed E-state index contributed by atoms with van der Waals surface area (Å²) in [6.07, 6.45) is -0.795. The van der Waals surface area contributed by atoms with Crippen LogP contribution in [0.25, 0.3) is 0 Å². The fraction of sp³-hybridized carbons (Fsp3) is 0.583. The predicted molar refractivity (Wildman–Crippen MR) is 63.4 cm³/mol. The Morgan fingerprint density at radius 2 is 2.00 bits per heavy atom. The molecule has 0 amide bonds. The molecule has 0 saturated heterocycles. The van der Waals surface area contributed by atoms with Crippen LogP contribution in [0.15, 0.2) is 18.3 Å². The highest BCUT2D eigenvalue weighted by Gasteiger charge is 2.30. The van der Waals surface area contributed by atoms with E-state index < -0.39 is 11.7 Å². The molecule has 0 aliphatic rings. The highest BCUT2D eigenvalue weighted by molar-refractivity contribution is 5.40. The maximum absolute atomic E-state index is 12.5. The maximum Gasteiger partial charge on any atom is 0.416 e. The van der Waals surface area contributed by atoms with E-state index in [1.54, 1.807) is 11.9 Å². The zero-order chi connectivity index (χ0) is 13.6. The van der Waals surface area contributed by atoms with Crippen molar-refractivity contribution in [1.82, 2.24) is 4.98 Å². The molecule has 102 valence electrons. The van der Waals surface area contributed by atoms with Gasteiger partial charge in [0.25, 0.3) is 0 Å². The number of aromatic nitrogens is 1. The third kappa shape index (κ3) is 4.52. The SMILES string of the molecule is CN(CCCCCO)c1cc(C(F)(F)F)ccn1. The van der Waals surface area contributed by atoms with Gasteiger partial charge >= 0.3 is 6.18 Å². The second kappa shape index (κ2) is 6.58. The quantitative estimate of drug-likeness (QED) is 0.801. The van der Waals surface area contributed by atoms with Gasteiger partial charge in [0.05, 0.1) is 5.56 Å². The lowest BCUT2D eigenvalue weighted by atomic mass is 10.2. The first kappa shape index (κ1) is 14.8. The van der Waals surface area contributed by atoms with E-state index in [4.69, 9.17) is 5.11 Å². The molecule has 0 unspecified atom stereocenters. The summed E-state index contributed by atoms with van der Waals surface area (Å²) in [6.45, 7) is 0.764. The lowest BCUT2D eigenvalue weighted by Gasteiger charge is -2.19. The summed E-state index contributed by atoms with van der Waals surface area (Å²) in [7, 11) is 1.71. The Labute approximate surface area is 104 Å². The number of aliphatic hydroxyl groups excluding tert-OH is 1. The van der Waals surface area contributed by atoms with Gasteiger partial charge in [0, 0.05) is 26.4 Å². The number of alkyl halides is 3. The van der Waals surface area contributed by atoms with Gasteiger partial charge in [-0.15, -0.1) is 0 Å². The van der Waals surface area contributed by atoms with Crippen LogP contribution in [0, 0.1) is 0 Å². The number of pyridine rings is 1. The standard InChI is InChI=1S/C12H17F3N2O/c1-17(7-3-2-4-8-18)11-9-10(5-6-16-11)12(13,14)15/h5-6,9,18H,2-4,7-8H2,1H3. The van der Waals surface area contributed by atoms with Gasteiger partial charge in [-0.3, -0.25) is 0 Å². The van der Waals surface area contributed by atoms with Crippen LogP contribution in [-0.2, 0) is 6.18 Å². The summed E-state index contributed by atoms with van der Waals surface area (Å²) in [6, 6.07) is 2.01. The van der Waals surface area contributed by atoms with Crippen LogP contribution in [0.4, 0.5) is 19.0 Å². The first-order valence-corrected chi connectivity index (χ1v) is 5.80. The summed E-state index contributed by atoms with van der Waals surface area (Å²) in [5.74, 6) is 0.314. The predicted octanol–water partition coefficient (Wildman–Crippen LogP) is 2.70. The minimum Gasteiger partial charge on any atom is -0.396 e. The van der Waals surface area contributed by atoms with Gasteiger partial charge in [-0.05, 0) is 31.4 Å². The molecule has 0 spiro atoms. The Bertz CT molecular complexity index is 369. The van der Waals surface area contributed by atoms with E-state index in [0.29, 0.717) is 18.8 Å². The fourth-order valence-corrected chi connectivity index (χ4v) is 1.56. The summed E-state index contributed by atoms with van der Waals surface area (Å²) in [5, 5.41) is 8.62. The summed E-state index contributed by atoms with van der Waals surface area (Å²) in [5.41, 5.74) is -0.685. The Kier molecular flexibility index (Phi) is 5.40. The van der Waals surface area contributed by atoms with Crippen LogP contribution in [0.1, 0.15) is 24.8 Å². The first-order chi connectivity index (χ1) is 8.45. The molecule has 1 N–H and O–H groups in total. The van der Waals surface area contributed by atoms with E-state index in [9.17, 15) is 13.2 Å². The lowest BCUT2D eigenvalue weighted by Crippen LogP contribution is -2.20. The number of hydrogen-bond donors (Lipinski definition) is 1. The van der Waals surface area contributed by atoms with Crippen molar-refractivity contribution in [3.8, 4) is 0 Å². The lowest BCUT2D eigenvalue weighted by molar-refractivity contribution is -0.137. The van der Waals surface area contributed by atoms with Crippen molar-refractivity contribution >= 4 is 5.82 Å². The van der Waals surface area contributed by atoms with Crippen molar-refractivity contribution in [2.45, 2.75) is 25.4 Å². The monoisotopic (exact) mass is 262 g/mol. The van der Waals surface area contributed by atoms with Gasteiger partial charge in [-0.1, -0.05) is 0 Å². The second-order valence-corrected chi connectivity index (χ2v) is 4.11. The van der Waals surface area contributed by atoms with Crippen molar-refractivity contribution in [2.75, 3.05) is 25.1 Å². The number of unbranched alkanes of at least 4 members (excludes halogenated alkanes) is 2. The minimum absolute atomic E-state index is 0.144. The van der Waals surface area contributed by atoms with Crippen LogP contribution >= 0.6 is 0 Å². The van der Waals surface area contributed by atoms with Gasteiger partial charge < -0.3 is 10.0 Å². The van der Waals surface area contributed by atoms with Crippen LogP contribution in [0.5, 0.6) is 0 Å². The molecular formula is C12H17F3N2O. The fourth-order valence-electron chi connectivity index (χ4n) is 1.56. The highest BCUT2D eigenvalue weighted by Crippen LogP contribution is 2.30. The Morgan fingerprint density at radius 1 is 1.28 bits per heavy atom. The highest BCUT2D eigenvalue weighted by atomic mass is 19.4. The van der Waals surface area contributed by atoms with Gasteiger partial charge in [-0.2, -0.15) is 13.2 Å². The van der Waals surface area contributed by atoms with Crippen molar-refractivity contribution < 1.29 is 18.3 Å². The van der Waals surface area contributed by atoms with Crippen LogP contribution in [-0.4, -0.2) is 30.3 Å². The van der Waals surface area contributed by atoms with Crippen molar-refractivity contribution in [3.63, 3.8) is 0 Å². The molecule has 0 radical (unpaired) electrons. The van der Waals surface area contributed by atoms with E-state index in [1.165, 1.54) is 6.20 Å². The number of halogens is 3. The third-order valence-electron chi connectivity index (χ3n) is 2.62. The zero-order valence-electron chi connectivity index (χ0n) is 10.2. The van der Waals surface area contributed by atoms with Crippen molar-refractivity contribution in [2.24, 2.45) is 0 Å². The van der Waals surface area contributed by atoms with Gasteiger partial charge in [-0.25, -0.2) is 4.98 Å². The molecule has 1 heterocycles. The average molecular weight is 262 g/mol. The Morgan fingerprint density at radius 3 is 2.61 bits per heavy atom. The maximum atomic E-state index is 12.5. The minimum atomic E-state index is -4.34. The normalized spacial score (nSPS) is 11.6. The summed E-state index contributed by atoms with van der Waals surface area (Å²) in [4.78, 5) is 5.62. The molecular weight excluding hydrogens is 245 g/mol. The molecule has 0 bridgehead atoms. The number of hydrogen-bond acceptors (Lipinski definition) is 3. The Balaban J connectivity index is 2.60. The van der Waals surface area contributed by atoms with E-state index in [-0.39, 0.29) is 6.61 Å². The molecule has 0 atom stereocenters. The van der Waals surface area contributed by atoms with Crippen LogP contribution < -0.4 is 4.90 Å². The molecule has 3 nitrogen and oxygen atoms in total. The van der Waals surface area contributed by atoms with E-state index in [0.717, 1.165) is 25.0 Å². The largest absolute Gasteiger partial charge is 0.416 e. The molecule has 0 fully saturated rings. The average Bonchev–Trinajstić information content (AvgIpc) is 2.33. The van der Waals surface area contributed by atoms with E-state index in [1.807, 2.05) is 0 Å². The number of anilines is 1. The topological polar surface area (TPSA) is 36.4 Å². The zero-order valence-corrected chi connectivity index (χ0v) is 10.2. The molecule has 6 heteroatoms. The van der Waals surface area contributed by atoms with Crippen molar-refractivity contribution in [3.05, 3.63) is 23.9 Å². The van der Waals surface area contributed by atoms with E-state index in [2.05, 4.69) is 4.98 Å². The molecule has 1 aromatic rings. The van der Waals surface area contributed by atoms with Gasteiger partial charge in [0.2, 0.25) is 0 Å². The molecule has 1 rings (SSSR count). The molecule has 0 aromatic carbocycles. The van der Waals surface area contributed by atoms with Crippen molar-refractivity contribution in [1.29, 1.82) is 0 Å². The van der Waals surface area contributed by atoms with Crippen LogP contribution in [0.3, 0.4) is 0 Å². The number of aliphatic hydroxyl groups is 1. The molecule has 18 heavy (non-hydrogen) atoms. The number of rotatable bonds is 6. The Hall–Kier alpha value is -1.30. The first-order valence-electron chi connectivity index (χ1n) is 5.80. The second-order valence-electron chi connectivity index (χ2n) is 4.11. The van der Waals surface area contributed by atoms with Gasteiger partial charge in [0.1, 0.15) is 5.82 Å². The molecule has 0 saturated carbocycles. The smallest absolute Gasteiger partial charge is 0.396 e.